The van der Waals surface area contributed by atoms with Gasteiger partial charge in [-0.25, -0.2) is 0 Å². The van der Waals surface area contributed by atoms with Gasteiger partial charge in [-0.1, -0.05) is 35.9 Å². The molecule has 0 aliphatic heterocycles. The van der Waals surface area contributed by atoms with E-state index in [0.717, 1.165) is 15.7 Å². The van der Waals surface area contributed by atoms with Gasteiger partial charge in [0, 0.05) is 16.0 Å². The van der Waals surface area contributed by atoms with E-state index < -0.39 is 0 Å². The standard InChI is InChI=1S/C16H16BrClN2O/c1-20(10-12-5-4-6-13(18)9-12)11-16(21)19-15-8-3-2-7-14(15)17/h2-9H,10-11H2,1H3,(H,19,21). The lowest BCUT2D eigenvalue weighted by atomic mass is 10.2. The molecule has 2 aromatic rings. The number of likely N-dealkylation sites (N-methyl/N-ethyl adjacent to an activating group) is 1. The molecule has 0 spiro atoms. The average molecular weight is 368 g/mol. The Balaban J connectivity index is 1.89. The van der Waals surface area contributed by atoms with Crippen molar-refractivity contribution in [3.63, 3.8) is 0 Å². The third-order valence-electron chi connectivity index (χ3n) is 2.90. The van der Waals surface area contributed by atoms with Gasteiger partial charge >= 0.3 is 0 Å². The van der Waals surface area contributed by atoms with E-state index in [-0.39, 0.29) is 5.91 Å². The lowest BCUT2D eigenvalue weighted by Gasteiger charge is -2.17. The predicted octanol–water partition coefficient (Wildman–Crippen LogP) is 4.17. The van der Waals surface area contributed by atoms with Crippen LogP contribution in [0.15, 0.2) is 53.0 Å². The summed E-state index contributed by atoms with van der Waals surface area (Å²) in [5.41, 5.74) is 1.86. The lowest BCUT2D eigenvalue weighted by molar-refractivity contribution is -0.117. The number of rotatable bonds is 5. The molecule has 5 heteroatoms. The SMILES string of the molecule is CN(CC(=O)Nc1ccccc1Br)Cc1cccc(Cl)c1. The first-order valence-electron chi connectivity index (χ1n) is 6.52. The Morgan fingerprint density at radius 3 is 2.71 bits per heavy atom. The number of nitrogens with one attached hydrogen (secondary N) is 1. The van der Waals surface area contributed by atoms with Crippen molar-refractivity contribution in [1.82, 2.24) is 4.90 Å². The molecule has 0 unspecified atom stereocenters. The topological polar surface area (TPSA) is 32.3 Å². The summed E-state index contributed by atoms with van der Waals surface area (Å²) in [6.45, 7) is 0.984. The van der Waals surface area contributed by atoms with Gasteiger partial charge in [0.2, 0.25) is 5.91 Å². The van der Waals surface area contributed by atoms with Crippen LogP contribution >= 0.6 is 27.5 Å². The third kappa shape index (κ3) is 5.16. The minimum Gasteiger partial charge on any atom is -0.324 e. The average Bonchev–Trinajstić information content (AvgIpc) is 2.41. The van der Waals surface area contributed by atoms with Crippen molar-refractivity contribution in [3.05, 3.63) is 63.6 Å². The lowest BCUT2D eigenvalue weighted by Crippen LogP contribution is -2.29. The molecule has 0 aromatic heterocycles. The maximum absolute atomic E-state index is 12.0. The number of anilines is 1. The summed E-state index contributed by atoms with van der Waals surface area (Å²) >= 11 is 9.37. The monoisotopic (exact) mass is 366 g/mol. The van der Waals surface area contributed by atoms with Crippen LogP contribution in [0, 0.1) is 0 Å². The highest BCUT2D eigenvalue weighted by Crippen LogP contribution is 2.21. The fourth-order valence-electron chi connectivity index (χ4n) is 2.00. The summed E-state index contributed by atoms with van der Waals surface area (Å²) in [7, 11) is 1.90. The number of carbonyl (C=O) groups is 1. The molecule has 0 heterocycles. The zero-order valence-electron chi connectivity index (χ0n) is 11.6. The second kappa shape index (κ2) is 7.59. The molecule has 0 aliphatic carbocycles. The van der Waals surface area contributed by atoms with E-state index >= 15 is 0 Å². The first-order valence-corrected chi connectivity index (χ1v) is 7.69. The number of amides is 1. The van der Waals surface area contributed by atoms with Crippen molar-refractivity contribution in [2.45, 2.75) is 6.54 Å². The van der Waals surface area contributed by atoms with Gasteiger partial charge in [0.25, 0.3) is 0 Å². The van der Waals surface area contributed by atoms with E-state index in [1.54, 1.807) is 0 Å². The number of para-hydroxylation sites is 1. The van der Waals surface area contributed by atoms with Crippen molar-refractivity contribution in [3.8, 4) is 0 Å². The number of carbonyl (C=O) groups excluding carboxylic acids is 1. The predicted molar refractivity (Wildman–Crippen MR) is 90.6 cm³/mol. The molecule has 1 amide bonds. The fraction of sp³-hybridized carbons (Fsp3) is 0.188. The fourth-order valence-corrected chi connectivity index (χ4v) is 2.60. The Kier molecular flexibility index (Phi) is 5.79. The third-order valence-corrected chi connectivity index (χ3v) is 3.83. The number of hydrogen-bond acceptors (Lipinski definition) is 2. The van der Waals surface area contributed by atoms with Crippen LogP contribution in [-0.4, -0.2) is 24.4 Å². The first kappa shape index (κ1) is 16.0. The minimum atomic E-state index is -0.0496. The van der Waals surface area contributed by atoms with Crippen LogP contribution in [0.4, 0.5) is 5.69 Å². The molecular formula is C16H16BrClN2O. The molecule has 0 bridgehead atoms. The Hall–Kier alpha value is -1.36. The molecule has 2 rings (SSSR count). The second-order valence-corrected chi connectivity index (χ2v) is 6.12. The highest BCUT2D eigenvalue weighted by Gasteiger charge is 2.09. The number of nitrogens with zero attached hydrogens (tertiary/aromatic N) is 1. The summed E-state index contributed by atoms with van der Waals surface area (Å²) in [6.07, 6.45) is 0. The Morgan fingerprint density at radius 1 is 1.24 bits per heavy atom. The molecule has 0 radical (unpaired) electrons. The summed E-state index contributed by atoms with van der Waals surface area (Å²) in [5, 5.41) is 3.59. The largest absolute Gasteiger partial charge is 0.324 e. The minimum absolute atomic E-state index is 0.0496. The van der Waals surface area contributed by atoms with Crippen LogP contribution < -0.4 is 5.32 Å². The molecule has 0 aliphatic rings. The van der Waals surface area contributed by atoms with Gasteiger partial charge in [-0.3, -0.25) is 9.69 Å². The van der Waals surface area contributed by atoms with Crippen LogP contribution in [0.25, 0.3) is 0 Å². The quantitative estimate of drug-likeness (QED) is 0.860. The second-order valence-electron chi connectivity index (χ2n) is 4.83. The first-order chi connectivity index (χ1) is 10.0. The van der Waals surface area contributed by atoms with E-state index in [2.05, 4.69) is 21.2 Å². The van der Waals surface area contributed by atoms with Crippen LogP contribution in [0.3, 0.4) is 0 Å². The number of hydrogen-bond donors (Lipinski definition) is 1. The van der Waals surface area contributed by atoms with Crippen molar-refractivity contribution < 1.29 is 4.79 Å². The molecule has 1 N–H and O–H groups in total. The summed E-state index contributed by atoms with van der Waals surface area (Å²) in [6, 6.07) is 15.2. The van der Waals surface area contributed by atoms with E-state index in [0.29, 0.717) is 18.1 Å². The highest BCUT2D eigenvalue weighted by molar-refractivity contribution is 9.10. The maximum Gasteiger partial charge on any atom is 0.238 e. The molecule has 0 fully saturated rings. The van der Waals surface area contributed by atoms with Gasteiger partial charge in [0.1, 0.15) is 0 Å². The van der Waals surface area contributed by atoms with E-state index in [1.807, 2.05) is 60.5 Å². The van der Waals surface area contributed by atoms with Gasteiger partial charge in [-0.05, 0) is 52.8 Å². The number of halogens is 2. The Labute approximate surface area is 138 Å². The van der Waals surface area contributed by atoms with Crippen molar-refractivity contribution in [1.29, 1.82) is 0 Å². The van der Waals surface area contributed by atoms with Gasteiger partial charge < -0.3 is 5.32 Å². The van der Waals surface area contributed by atoms with E-state index in [9.17, 15) is 4.79 Å². The van der Waals surface area contributed by atoms with Crippen LogP contribution in [0.5, 0.6) is 0 Å². The molecular weight excluding hydrogens is 352 g/mol. The smallest absolute Gasteiger partial charge is 0.238 e. The van der Waals surface area contributed by atoms with E-state index in [4.69, 9.17) is 11.6 Å². The van der Waals surface area contributed by atoms with Crippen molar-refractivity contribution >= 4 is 39.1 Å². The van der Waals surface area contributed by atoms with Gasteiger partial charge in [0.15, 0.2) is 0 Å². The van der Waals surface area contributed by atoms with Crippen molar-refractivity contribution in [2.24, 2.45) is 0 Å². The maximum atomic E-state index is 12.0. The molecule has 3 nitrogen and oxygen atoms in total. The molecule has 0 saturated carbocycles. The summed E-state index contributed by atoms with van der Waals surface area (Å²) in [5.74, 6) is -0.0496. The van der Waals surface area contributed by atoms with Gasteiger partial charge in [-0.15, -0.1) is 0 Å². The van der Waals surface area contributed by atoms with E-state index in [1.165, 1.54) is 0 Å². The summed E-state index contributed by atoms with van der Waals surface area (Å²) < 4.78 is 0.871. The van der Waals surface area contributed by atoms with Crippen LogP contribution in [0.1, 0.15) is 5.56 Å². The van der Waals surface area contributed by atoms with Crippen molar-refractivity contribution in [2.75, 3.05) is 18.9 Å². The normalized spacial score (nSPS) is 10.7. The molecule has 0 saturated heterocycles. The number of benzene rings is 2. The Morgan fingerprint density at radius 2 is 2.00 bits per heavy atom. The molecule has 0 atom stereocenters. The van der Waals surface area contributed by atoms with Gasteiger partial charge in [-0.2, -0.15) is 0 Å². The highest BCUT2D eigenvalue weighted by atomic mass is 79.9. The molecule has 21 heavy (non-hydrogen) atoms. The van der Waals surface area contributed by atoms with Crippen LogP contribution in [-0.2, 0) is 11.3 Å². The van der Waals surface area contributed by atoms with Gasteiger partial charge in [0.05, 0.1) is 12.2 Å². The summed E-state index contributed by atoms with van der Waals surface area (Å²) in [4.78, 5) is 14.0. The molecule has 2 aromatic carbocycles. The zero-order chi connectivity index (χ0) is 15.2. The van der Waals surface area contributed by atoms with Crippen LogP contribution in [0.2, 0.25) is 5.02 Å². The zero-order valence-corrected chi connectivity index (χ0v) is 14.0. The molecule has 110 valence electrons. The Bertz CT molecular complexity index is 633.